The smallest absolute Gasteiger partial charge is 0.0702 e. The molecule has 0 fully saturated rings. The van der Waals surface area contributed by atoms with Gasteiger partial charge in [-0.1, -0.05) is 127 Å². The molecule has 0 bridgehead atoms. The molecule has 0 aliphatic heterocycles. The van der Waals surface area contributed by atoms with Crippen molar-refractivity contribution < 1.29 is 0 Å². The van der Waals surface area contributed by atoms with Gasteiger partial charge >= 0.3 is 0 Å². The molecule has 0 unspecified atom stereocenters. The van der Waals surface area contributed by atoms with Gasteiger partial charge in [-0.2, -0.15) is 0 Å². The lowest BCUT2D eigenvalue weighted by Crippen LogP contribution is -2.09. The molecule has 3 heterocycles. The molecule has 11 rings (SSSR count). The van der Waals surface area contributed by atoms with E-state index in [1.165, 1.54) is 62.6 Å². The number of anilines is 3. The average Bonchev–Trinajstić information content (AvgIpc) is 3.83. The third-order valence-electron chi connectivity index (χ3n) is 10.7. The normalized spacial score (nSPS) is 11.6. The van der Waals surface area contributed by atoms with Gasteiger partial charge in [-0.15, -0.1) is 22.7 Å². The number of para-hydroxylation sites is 1. The van der Waals surface area contributed by atoms with Crippen LogP contribution < -0.4 is 4.90 Å². The van der Waals surface area contributed by atoms with Gasteiger partial charge in [0.15, 0.2) is 0 Å². The summed E-state index contributed by atoms with van der Waals surface area (Å²) in [5.74, 6) is 0. The molecule has 0 spiro atoms. The number of thiophene rings is 2. The molecule has 0 N–H and O–H groups in total. The Morgan fingerprint density at radius 3 is 1.36 bits per heavy atom. The first-order valence-electron chi connectivity index (χ1n) is 18.5. The number of benzene rings is 8. The van der Waals surface area contributed by atoms with Gasteiger partial charge in [0, 0.05) is 74.6 Å². The predicted octanol–water partition coefficient (Wildman–Crippen LogP) is 15.4. The predicted molar refractivity (Wildman–Crippen MR) is 239 cm³/mol. The molecule has 0 saturated heterocycles. The molecule has 0 aliphatic carbocycles. The molecule has 8 aromatic carbocycles. The van der Waals surface area contributed by atoms with Crippen molar-refractivity contribution in [2.75, 3.05) is 4.90 Å². The van der Waals surface area contributed by atoms with Gasteiger partial charge in [0.1, 0.15) is 0 Å². The Kier molecular flexibility index (Phi) is 7.58. The number of aromatic nitrogens is 1. The van der Waals surface area contributed by atoms with E-state index in [2.05, 4.69) is 187 Å². The zero-order valence-electron chi connectivity index (χ0n) is 29.7. The molecule has 0 amide bonds. The van der Waals surface area contributed by atoms with Crippen LogP contribution >= 0.6 is 22.7 Å². The van der Waals surface area contributed by atoms with Crippen LogP contribution in [-0.4, -0.2) is 4.98 Å². The first kappa shape index (κ1) is 31.9. The van der Waals surface area contributed by atoms with E-state index in [1.54, 1.807) is 0 Å². The zero-order chi connectivity index (χ0) is 36.3. The molecule has 0 radical (unpaired) electrons. The first-order valence-corrected chi connectivity index (χ1v) is 20.2. The van der Waals surface area contributed by atoms with E-state index in [0.717, 1.165) is 39.1 Å². The maximum absolute atomic E-state index is 4.73. The molecule has 4 heteroatoms. The van der Waals surface area contributed by atoms with E-state index in [-0.39, 0.29) is 0 Å². The summed E-state index contributed by atoms with van der Waals surface area (Å²) in [6, 6.07) is 68.3. The summed E-state index contributed by atoms with van der Waals surface area (Å²) >= 11 is 3.75. The Labute approximate surface area is 326 Å². The van der Waals surface area contributed by atoms with Crippen molar-refractivity contribution in [3.05, 3.63) is 194 Å². The summed E-state index contributed by atoms with van der Waals surface area (Å²) in [5.41, 5.74) is 11.5. The van der Waals surface area contributed by atoms with Crippen molar-refractivity contribution in [1.29, 1.82) is 0 Å². The van der Waals surface area contributed by atoms with E-state index < -0.39 is 0 Å². The third kappa shape index (κ3) is 5.49. The second-order valence-corrected chi connectivity index (χ2v) is 16.1. The highest BCUT2D eigenvalue weighted by molar-refractivity contribution is 7.26. The highest BCUT2D eigenvalue weighted by atomic mass is 32.1. The van der Waals surface area contributed by atoms with Crippen molar-refractivity contribution in [3.8, 4) is 33.4 Å². The molecule has 55 heavy (non-hydrogen) atoms. The van der Waals surface area contributed by atoms with Crippen molar-refractivity contribution in [2.24, 2.45) is 0 Å². The van der Waals surface area contributed by atoms with Crippen molar-refractivity contribution >= 4 is 91.0 Å². The van der Waals surface area contributed by atoms with Crippen LogP contribution in [0.25, 0.3) is 84.6 Å². The largest absolute Gasteiger partial charge is 0.311 e. The lowest BCUT2D eigenvalue weighted by molar-refractivity contribution is 1.28. The topological polar surface area (TPSA) is 16.1 Å². The van der Waals surface area contributed by atoms with E-state index in [4.69, 9.17) is 4.98 Å². The molecule has 0 atom stereocenters. The molecule has 0 aliphatic rings. The van der Waals surface area contributed by atoms with Crippen LogP contribution in [0.4, 0.5) is 17.1 Å². The minimum absolute atomic E-state index is 1.01. The fourth-order valence-electron chi connectivity index (χ4n) is 8.01. The van der Waals surface area contributed by atoms with Crippen LogP contribution in [0.15, 0.2) is 194 Å². The van der Waals surface area contributed by atoms with Crippen LogP contribution in [0.2, 0.25) is 0 Å². The molecular formula is C51H32N2S2. The number of nitrogens with zero attached hydrogens (tertiary/aromatic N) is 2. The van der Waals surface area contributed by atoms with Crippen LogP contribution in [-0.2, 0) is 0 Å². The molecule has 11 aromatic rings. The highest BCUT2D eigenvalue weighted by Gasteiger charge is 2.17. The van der Waals surface area contributed by atoms with Crippen LogP contribution in [0, 0.1) is 0 Å². The van der Waals surface area contributed by atoms with E-state index >= 15 is 0 Å². The fraction of sp³-hybridized carbons (Fsp3) is 0. The number of rotatable bonds is 6. The third-order valence-corrected chi connectivity index (χ3v) is 13.2. The quantitative estimate of drug-likeness (QED) is 0.169. The number of hydrogen-bond acceptors (Lipinski definition) is 4. The standard InChI is InChI=1S/C51H32N2S2/c1-4-16-47-36(9-1)31-37(32-52-47)33-19-25-38(26-20-33)53(39-27-21-34(22-28-39)41-12-7-14-45-43-10-2-5-17-48(43)54-50(41)45)40-29-23-35(24-30-40)42-13-8-15-46-44-11-3-6-18-49(44)55-51(42)46/h1-32H. The molecule has 3 aromatic heterocycles. The Balaban J connectivity index is 0.996. The van der Waals surface area contributed by atoms with Gasteiger partial charge in [-0.25, -0.2) is 0 Å². The molecule has 258 valence electrons. The molecule has 0 saturated carbocycles. The summed E-state index contributed by atoms with van der Waals surface area (Å²) in [6.45, 7) is 0. The van der Waals surface area contributed by atoms with Gasteiger partial charge in [-0.05, 0) is 88.5 Å². The number of hydrogen-bond donors (Lipinski definition) is 0. The van der Waals surface area contributed by atoms with Crippen molar-refractivity contribution in [1.82, 2.24) is 4.98 Å². The van der Waals surface area contributed by atoms with Gasteiger partial charge in [0.2, 0.25) is 0 Å². The summed E-state index contributed by atoms with van der Waals surface area (Å²) in [7, 11) is 0. The SMILES string of the molecule is c1ccc2ncc(-c3ccc(N(c4ccc(-c5cccc6c5sc5ccccc56)cc4)c4ccc(-c5cccc6c5sc5ccccc56)cc4)cc3)cc2c1. The Bertz CT molecular complexity index is 3030. The highest BCUT2D eigenvalue weighted by Crippen LogP contribution is 2.43. The summed E-state index contributed by atoms with van der Waals surface area (Å²) in [4.78, 5) is 7.09. The lowest BCUT2D eigenvalue weighted by Gasteiger charge is -2.26. The minimum atomic E-state index is 1.01. The Hall–Kier alpha value is -6.59. The minimum Gasteiger partial charge on any atom is -0.311 e. The molecule has 2 nitrogen and oxygen atoms in total. The fourth-order valence-corrected chi connectivity index (χ4v) is 10.5. The van der Waals surface area contributed by atoms with E-state index in [1.807, 2.05) is 34.9 Å². The summed E-state index contributed by atoms with van der Waals surface area (Å²) < 4.78 is 5.30. The molecular weight excluding hydrogens is 705 g/mol. The Morgan fingerprint density at radius 1 is 0.364 bits per heavy atom. The van der Waals surface area contributed by atoms with Crippen LogP contribution in [0.3, 0.4) is 0 Å². The Morgan fingerprint density at radius 2 is 0.818 bits per heavy atom. The maximum Gasteiger partial charge on any atom is 0.0702 e. The monoisotopic (exact) mass is 736 g/mol. The van der Waals surface area contributed by atoms with Crippen LogP contribution in [0.5, 0.6) is 0 Å². The second-order valence-electron chi connectivity index (χ2n) is 14.0. The lowest BCUT2D eigenvalue weighted by atomic mass is 10.0. The van der Waals surface area contributed by atoms with Gasteiger partial charge in [-0.3, -0.25) is 4.98 Å². The second kappa shape index (κ2) is 13.1. The van der Waals surface area contributed by atoms with E-state index in [0.29, 0.717) is 0 Å². The van der Waals surface area contributed by atoms with Gasteiger partial charge in [0.25, 0.3) is 0 Å². The number of fused-ring (bicyclic) bond motifs is 7. The summed E-state index contributed by atoms with van der Waals surface area (Å²) in [6.07, 6.45) is 1.97. The van der Waals surface area contributed by atoms with E-state index in [9.17, 15) is 0 Å². The van der Waals surface area contributed by atoms with Crippen LogP contribution in [0.1, 0.15) is 0 Å². The van der Waals surface area contributed by atoms with Crippen molar-refractivity contribution in [2.45, 2.75) is 0 Å². The first-order chi connectivity index (χ1) is 27.2. The maximum atomic E-state index is 4.73. The van der Waals surface area contributed by atoms with Gasteiger partial charge in [0.05, 0.1) is 5.52 Å². The van der Waals surface area contributed by atoms with Crippen molar-refractivity contribution in [3.63, 3.8) is 0 Å². The summed E-state index contributed by atoms with van der Waals surface area (Å²) in [5, 5.41) is 6.42. The van der Waals surface area contributed by atoms with Gasteiger partial charge < -0.3 is 4.90 Å². The average molecular weight is 737 g/mol. The number of pyridine rings is 1. The zero-order valence-corrected chi connectivity index (χ0v) is 31.3.